The van der Waals surface area contributed by atoms with Crippen molar-refractivity contribution in [2.75, 3.05) is 14.2 Å². The number of nitrogens with zero attached hydrogens (tertiary/aromatic N) is 2. The molecule has 0 aliphatic heterocycles. The van der Waals surface area contributed by atoms with Crippen molar-refractivity contribution in [3.05, 3.63) is 16.4 Å². The second-order valence-electron chi connectivity index (χ2n) is 2.63. The Kier molecular flexibility index (Phi) is 3.79. The molecule has 14 heavy (non-hydrogen) atoms. The van der Waals surface area contributed by atoms with Gasteiger partial charge in [-0.1, -0.05) is 0 Å². The van der Waals surface area contributed by atoms with Gasteiger partial charge in [0, 0.05) is 21.3 Å². The van der Waals surface area contributed by atoms with Crippen molar-refractivity contribution in [3.8, 4) is 0 Å². The Morgan fingerprint density at radius 1 is 1.57 bits per heavy atom. The van der Waals surface area contributed by atoms with Crippen LogP contribution in [0.25, 0.3) is 0 Å². The number of carbonyl (C=O) groups excluding carboxylic acids is 1. The number of hydrogen-bond donors (Lipinski definition) is 0. The minimum atomic E-state index is -0.887. The molecule has 1 rings (SSSR count). The molecular formula is C8H11BrN2O3. The Morgan fingerprint density at radius 2 is 2.14 bits per heavy atom. The van der Waals surface area contributed by atoms with Gasteiger partial charge in [0.2, 0.25) is 12.1 Å². The van der Waals surface area contributed by atoms with Gasteiger partial charge in [-0.2, -0.15) is 5.10 Å². The van der Waals surface area contributed by atoms with Gasteiger partial charge < -0.3 is 9.47 Å². The fraction of sp³-hybridized carbons (Fsp3) is 0.500. The summed E-state index contributed by atoms with van der Waals surface area (Å²) in [6, 6.07) is 0. The predicted octanol–water partition coefficient (Wildman–Crippen LogP) is 0.984. The summed E-state index contributed by atoms with van der Waals surface area (Å²) in [5.74, 6) is -0.262. The van der Waals surface area contributed by atoms with Gasteiger partial charge in [-0.05, 0) is 15.9 Å². The maximum Gasteiger partial charge on any atom is 0.237 e. The number of ether oxygens (including phenoxy) is 2. The first-order valence-electron chi connectivity index (χ1n) is 3.89. The Hall–Kier alpha value is -0.720. The molecule has 0 bridgehead atoms. The maximum absolute atomic E-state index is 11.8. The highest BCUT2D eigenvalue weighted by atomic mass is 79.9. The summed E-state index contributed by atoms with van der Waals surface area (Å²) in [6.45, 7) is 0. The molecule has 0 atom stereocenters. The number of Topliss-reactive ketones (excluding diaryl/α,β-unsaturated/α-hetero) is 1. The van der Waals surface area contributed by atoms with E-state index in [-0.39, 0.29) is 5.78 Å². The molecular weight excluding hydrogens is 252 g/mol. The second kappa shape index (κ2) is 4.68. The summed E-state index contributed by atoms with van der Waals surface area (Å²) < 4.78 is 11.8. The van der Waals surface area contributed by atoms with Crippen LogP contribution >= 0.6 is 15.9 Å². The van der Waals surface area contributed by atoms with Gasteiger partial charge in [0.05, 0.1) is 10.7 Å². The monoisotopic (exact) mass is 262 g/mol. The number of rotatable bonds is 4. The fourth-order valence-corrected chi connectivity index (χ4v) is 1.65. The van der Waals surface area contributed by atoms with E-state index in [4.69, 9.17) is 9.47 Å². The SMILES string of the molecule is COC(OC)C(=O)c1c(Br)cnn1C. The molecule has 1 heterocycles. The molecule has 0 aromatic carbocycles. The number of ketones is 1. The third kappa shape index (κ3) is 2.02. The van der Waals surface area contributed by atoms with Crippen molar-refractivity contribution in [2.45, 2.75) is 6.29 Å². The van der Waals surface area contributed by atoms with Gasteiger partial charge in [0.25, 0.3) is 0 Å². The zero-order valence-electron chi connectivity index (χ0n) is 8.15. The quantitative estimate of drug-likeness (QED) is 0.600. The summed E-state index contributed by atoms with van der Waals surface area (Å²) in [6.07, 6.45) is 0.664. The molecule has 0 unspecified atom stereocenters. The highest BCUT2D eigenvalue weighted by Gasteiger charge is 2.24. The molecule has 0 radical (unpaired) electrons. The van der Waals surface area contributed by atoms with Crippen LogP contribution in [0.2, 0.25) is 0 Å². The summed E-state index contributed by atoms with van der Waals surface area (Å²) in [4.78, 5) is 11.8. The number of methoxy groups -OCH3 is 2. The molecule has 0 saturated heterocycles. The summed E-state index contributed by atoms with van der Waals surface area (Å²) >= 11 is 3.23. The van der Waals surface area contributed by atoms with Crippen LogP contribution < -0.4 is 0 Å². The fourth-order valence-electron chi connectivity index (χ4n) is 1.11. The molecule has 0 fully saturated rings. The lowest BCUT2D eigenvalue weighted by Crippen LogP contribution is -2.27. The second-order valence-corrected chi connectivity index (χ2v) is 3.49. The third-order valence-electron chi connectivity index (χ3n) is 1.77. The Bertz CT molecular complexity index is 314. The molecule has 0 aliphatic rings. The zero-order valence-corrected chi connectivity index (χ0v) is 9.74. The molecule has 0 spiro atoms. The Balaban J connectivity index is 2.99. The average Bonchev–Trinajstić information content (AvgIpc) is 2.48. The number of halogens is 1. The Labute approximate surface area is 90.1 Å². The van der Waals surface area contributed by atoms with E-state index in [9.17, 15) is 4.79 Å². The summed E-state index contributed by atoms with van der Waals surface area (Å²) in [7, 11) is 4.51. The molecule has 5 nitrogen and oxygen atoms in total. The molecule has 78 valence electrons. The normalized spacial score (nSPS) is 10.9. The van der Waals surface area contributed by atoms with Crippen LogP contribution in [0.1, 0.15) is 10.5 Å². The lowest BCUT2D eigenvalue weighted by Gasteiger charge is -2.11. The van der Waals surface area contributed by atoms with Crippen LogP contribution in [-0.2, 0) is 16.5 Å². The highest BCUT2D eigenvalue weighted by Crippen LogP contribution is 2.17. The Morgan fingerprint density at radius 3 is 2.50 bits per heavy atom. The minimum Gasteiger partial charge on any atom is -0.349 e. The van der Waals surface area contributed by atoms with Crippen LogP contribution in [0, 0.1) is 0 Å². The first kappa shape index (κ1) is 11.4. The zero-order chi connectivity index (χ0) is 10.7. The predicted molar refractivity (Wildman–Crippen MR) is 53.0 cm³/mol. The largest absolute Gasteiger partial charge is 0.349 e. The van der Waals surface area contributed by atoms with E-state index in [0.717, 1.165) is 0 Å². The van der Waals surface area contributed by atoms with Gasteiger partial charge in [-0.15, -0.1) is 0 Å². The first-order chi connectivity index (χ1) is 6.61. The van der Waals surface area contributed by atoms with E-state index in [0.29, 0.717) is 10.2 Å². The lowest BCUT2D eigenvalue weighted by atomic mass is 10.3. The van der Waals surface area contributed by atoms with E-state index in [2.05, 4.69) is 21.0 Å². The van der Waals surface area contributed by atoms with E-state index < -0.39 is 6.29 Å². The topological polar surface area (TPSA) is 53.4 Å². The van der Waals surface area contributed by atoms with E-state index in [1.165, 1.54) is 18.9 Å². The molecule has 0 aliphatic carbocycles. The van der Waals surface area contributed by atoms with Crippen LogP contribution in [0.4, 0.5) is 0 Å². The standard InChI is InChI=1S/C8H11BrN2O3/c1-11-6(5(9)4-10-11)7(12)8(13-2)14-3/h4,8H,1-3H3. The van der Waals surface area contributed by atoms with Crippen LogP contribution in [0.15, 0.2) is 10.7 Å². The third-order valence-corrected chi connectivity index (χ3v) is 2.35. The van der Waals surface area contributed by atoms with Crippen LogP contribution in [-0.4, -0.2) is 36.1 Å². The van der Waals surface area contributed by atoms with Gasteiger partial charge in [-0.3, -0.25) is 9.48 Å². The van der Waals surface area contributed by atoms with Crippen molar-refractivity contribution in [1.29, 1.82) is 0 Å². The highest BCUT2D eigenvalue weighted by molar-refractivity contribution is 9.10. The van der Waals surface area contributed by atoms with E-state index >= 15 is 0 Å². The number of aryl methyl sites for hydroxylation is 1. The van der Waals surface area contributed by atoms with Gasteiger partial charge in [0.15, 0.2) is 0 Å². The minimum absolute atomic E-state index is 0.262. The van der Waals surface area contributed by atoms with Gasteiger partial charge >= 0.3 is 0 Å². The first-order valence-corrected chi connectivity index (χ1v) is 4.68. The molecule has 6 heteroatoms. The van der Waals surface area contributed by atoms with E-state index in [1.54, 1.807) is 13.2 Å². The smallest absolute Gasteiger partial charge is 0.237 e. The van der Waals surface area contributed by atoms with Crippen LogP contribution in [0.3, 0.4) is 0 Å². The van der Waals surface area contributed by atoms with E-state index in [1.807, 2.05) is 0 Å². The molecule has 0 N–H and O–H groups in total. The van der Waals surface area contributed by atoms with Crippen molar-refractivity contribution in [1.82, 2.24) is 9.78 Å². The van der Waals surface area contributed by atoms with Gasteiger partial charge in [0.1, 0.15) is 5.69 Å². The molecule has 1 aromatic rings. The maximum atomic E-state index is 11.8. The number of carbonyl (C=O) groups is 1. The molecule has 0 amide bonds. The molecule has 1 aromatic heterocycles. The van der Waals surface area contributed by atoms with Gasteiger partial charge in [-0.25, -0.2) is 0 Å². The van der Waals surface area contributed by atoms with Crippen molar-refractivity contribution < 1.29 is 14.3 Å². The van der Waals surface area contributed by atoms with Crippen molar-refractivity contribution in [3.63, 3.8) is 0 Å². The van der Waals surface area contributed by atoms with Crippen molar-refractivity contribution >= 4 is 21.7 Å². The average molecular weight is 263 g/mol. The van der Waals surface area contributed by atoms with Crippen molar-refractivity contribution in [2.24, 2.45) is 7.05 Å². The lowest BCUT2D eigenvalue weighted by molar-refractivity contribution is -0.0746. The van der Waals surface area contributed by atoms with Crippen LogP contribution in [0.5, 0.6) is 0 Å². The number of aromatic nitrogens is 2. The summed E-state index contributed by atoms with van der Waals surface area (Å²) in [5, 5.41) is 3.93. The molecule has 0 saturated carbocycles. The summed E-state index contributed by atoms with van der Waals surface area (Å²) in [5.41, 5.74) is 0.429. The number of hydrogen-bond acceptors (Lipinski definition) is 4.